The first-order chi connectivity index (χ1) is 7.06. The van der Waals surface area contributed by atoms with E-state index in [4.69, 9.17) is 0 Å². The van der Waals surface area contributed by atoms with Crippen molar-refractivity contribution in [2.75, 3.05) is 5.33 Å². The summed E-state index contributed by atoms with van der Waals surface area (Å²) in [5.41, 5.74) is 2.02. The highest BCUT2D eigenvalue weighted by atomic mass is 79.9. The van der Waals surface area contributed by atoms with Crippen LogP contribution in [0.5, 0.6) is 0 Å². The van der Waals surface area contributed by atoms with E-state index in [-0.39, 0.29) is 5.69 Å². The van der Waals surface area contributed by atoms with Crippen molar-refractivity contribution in [2.24, 2.45) is 5.41 Å². The van der Waals surface area contributed by atoms with E-state index in [9.17, 15) is 4.79 Å². The zero-order valence-electron chi connectivity index (χ0n) is 9.09. The number of hydrogen-bond donors (Lipinski definition) is 0. The maximum absolute atomic E-state index is 11.7. The lowest BCUT2D eigenvalue weighted by atomic mass is 10.1. The Balaban J connectivity index is 2.33. The summed E-state index contributed by atoms with van der Waals surface area (Å²) in [5, 5.41) is 0.972. The normalized spacial score (nSPS) is 17.8. The fourth-order valence-electron chi connectivity index (χ4n) is 1.81. The van der Waals surface area contributed by atoms with Crippen molar-refractivity contribution < 1.29 is 0 Å². The molecule has 4 heteroatoms. The van der Waals surface area contributed by atoms with Gasteiger partial charge in [0.2, 0.25) is 0 Å². The Morgan fingerprint density at radius 2 is 2.20 bits per heavy atom. The molecule has 0 N–H and O–H groups in total. The Hall–Kier alpha value is -0.640. The second-order valence-corrected chi connectivity index (χ2v) is 5.10. The van der Waals surface area contributed by atoms with Crippen LogP contribution in [0.3, 0.4) is 0 Å². The molecule has 0 atom stereocenters. The third-order valence-electron chi connectivity index (χ3n) is 3.08. The number of hydrogen-bond acceptors (Lipinski definition) is 2. The summed E-state index contributed by atoms with van der Waals surface area (Å²) in [6.45, 7) is 4.63. The first kappa shape index (κ1) is 10.9. The van der Waals surface area contributed by atoms with Crippen LogP contribution in [-0.4, -0.2) is 14.9 Å². The Labute approximate surface area is 97.7 Å². The van der Waals surface area contributed by atoms with Gasteiger partial charge in [0, 0.05) is 23.3 Å². The van der Waals surface area contributed by atoms with Crippen molar-refractivity contribution >= 4 is 15.9 Å². The summed E-state index contributed by atoms with van der Waals surface area (Å²) < 4.78 is 1.79. The summed E-state index contributed by atoms with van der Waals surface area (Å²) in [6.07, 6.45) is 2.41. The van der Waals surface area contributed by atoms with Crippen LogP contribution in [0.1, 0.15) is 24.2 Å². The van der Waals surface area contributed by atoms with Gasteiger partial charge in [0.1, 0.15) is 0 Å². The molecule has 2 rings (SSSR count). The van der Waals surface area contributed by atoms with Crippen LogP contribution in [0.15, 0.2) is 10.9 Å². The van der Waals surface area contributed by atoms with E-state index >= 15 is 0 Å². The van der Waals surface area contributed by atoms with Crippen LogP contribution >= 0.6 is 15.9 Å². The first-order valence-electron chi connectivity index (χ1n) is 5.17. The molecular formula is C11H15BrN2O. The molecule has 1 aromatic rings. The fourth-order valence-corrected chi connectivity index (χ4v) is 2.55. The lowest BCUT2D eigenvalue weighted by Crippen LogP contribution is -2.29. The monoisotopic (exact) mass is 270 g/mol. The predicted molar refractivity (Wildman–Crippen MR) is 63.4 cm³/mol. The molecule has 1 aliphatic rings. The van der Waals surface area contributed by atoms with Gasteiger partial charge in [0.25, 0.3) is 0 Å². The van der Waals surface area contributed by atoms with Gasteiger partial charge in [-0.1, -0.05) is 15.9 Å². The number of aryl methyl sites for hydroxylation is 2. The summed E-state index contributed by atoms with van der Waals surface area (Å²) in [4.78, 5) is 15.7. The number of nitrogens with zero attached hydrogens (tertiary/aromatic N) is 2. The van der Waals surface area contributed by atoms with E-state index in [0.29, 0.717) is 5.41 Å². The Morgan fingerprint density at radius 3 is 2.67 bits per heavy atom. The molecular weight excluding hydrogens is 256 g/mol. The topological polar surface area (TPSA) is 34.9 Å². The van der Waals surface area contributed by atoms with Crippen molar-refractivity contribution in [2.45, 2.75) is 33.2 Å². The number of rotatable bonds is 3. The second-order valence-electron chi connectivity index (χ2n) is 4.54. The lowest BCUT2D eigenvalue weighted by Gasteiger charge is -2.15. The van der Waals surface area contributed by atoms with Crippen LogP contribution in [-0.2, 0) is 6.54 Å². The van der Waals surface area contributed by atoms with E-state index in [2.05, 4.69) is 20.9 Å². The van der Waals surface area contributed by atoms with Crippen molar-refractivity contribution in [3.63, 3.8) is 0 Å². The highest BCUT2D eigenvalue weighted by Gasteiger charge is 2.42. The molecule has 0 saturated heterocycles. The minimum absolute atomic E-state index is 0.111. The van der Waals surface area contributed by atoms with Crippen LogP contribution < -0.4 is 5.69 Å². The van der Waals surface area contributed by atoms with Gasteiger partial charge in [-0.05, 0) is 38.2 Å². The highest BCUT2D eigenvalue weighted by Crippen LogP contribution is 2.48. The zero-order chi connectivity index (χ0) is 11.1. The number of aromatic nitrogens is 2. The van der Waals surface area contributed by atoms with Gasteiger partial charge >= 0.3 is 5.69 Å². The molecule has 3 nitrogen and oxygen atoms in total. The molecule has 0 spiro atoms. The molecule has 0 amide bonds. The Kier molecular flexibility index (Phi) is 2.71. The lowest BCUT2D eigenvalue weighted by molar-refractivity contribution is 0.451. The molecule has 1 aliphatic carbocycles. The predicted octanol–water partition coefficient (Wildman–Crippen LogP) is 2.04. The maximum atomic E-state index is 11.7. The minimum atomic E-state index is -0.111. The van der Waals surface area contributed by atoms with Crippen LogP contribution in [0.4, 0.5) is 0 Å². The largest absolute Gasteiger partial charge is 0.347 e. The van der Waals surface area contributed by atoms with E-state index in [1.54, 1.807) is 4.57 Å². The second kappa shape index (κ2) is 3.74. The minimum Gasteiger partial charge on any atom is -0.296 e. The molecule has 0 aromatic carbocycles. The highest BCUT2D eigenvalue weighted by molar-refractivity contribution is 9.09. The average molecular weight is 271 g/mol. The summed E-state index contributed by atoms with van der Waals surface area (Å²) in [6, 6.07) is 1.96. The molecule has 0 bridgehead atoms. The number of alkyl halides is 1. The van der Waals surface area contributed by atoms with Crippen LogP contribution in [0, 0.1) is 19.3 Å². The molecule has 1 aromatic heterocycles. The molecule has 0 aliphatic heterocycles. The Morgan fingerprint density at radius 1 is 1.53 bits per heavy atom. The molecule has 1 fully saturated rings. The quantitative estimate of drug-likeness (QED) is 0.788. The van der Waals surface area contributed by atoms with E-state index in [1.165, 1.54) is 12.8 Å². The maximum Gasteiger partial charge on any atom is 0.347 e. The molecule has 1 heterocycles. The van der Waals surface area contributed by atoms with Gasteiger partial charge < -0.3 is 0 Å². The molecule has 1 saturated carbocycles. The van der Waals surface area contributed by atoms with E-state index < -0.39 is 0 Å². The summed E-state index contributed by atoms with van der Waals surface area (Å²) in [5.74, 6) is 0. The van der Waals surface area contributed by atoms with Crippen molar-refractivity contribution in [3.05, 3.63) is 27.9 Å². The third kappa shape index (κ3) is 2.14. The smallest absolute Gasteiger partial charge is 0.296 e. The summed E-state index contributed by atoms with van der Waals surface area (Å²) >= 11 is 3.52. The zero-order valence-corrected chi connectivity index (χ0v) is 10.7. The van der Waals surface area contributed by atoms with Gasteiger partial charge in [-0.2, -0.15) is 4.98 Å². The molecule has 0 radical (unpaired) electrons. The fraction of sp³-hybridized carbons (Fsp3) is 0.636. The van der Waals surface area contributed by atoms with Gasteiger partial charge in [-0.15, -0.1) is 0 Å². The van der Waals surface area contributed by atoms with E-state index in [1.807, 2.05) is 19.9 Å². The van der Waals surface area contributed by atoms with Crippen molar-refractivity contribution in [1.82, 2.24) is 9.55 Å². The van der Waals surface area contributed by atoms with Gasteiger partial charge in [-0.25, -0.2) is 4.79 Å². The molecule has 0 unspecified atom stereocenters. The first-order valence-corrected chi connectivity index (χ1v) is 6.30. The standard InChI is InChI=1S/C11H15BrN2O/c1-8-5-9(2)14(10(15)13-8)7-11(6-12)3-4-11/h5H,3-4,6-7H2,1-2H3. The van der Waals surface area contributed by atoms with Gasteiger partial charge in [0.15, 0.2) is 0 Å². The molecule has 82 valence electrons. The van der Waals surface area contributed by atoms with Gasteiger partial charge in [0.05, 0.1) is 0 Å². The number of halogens is 1. The average Bonchev–Trinajstić information content (AvgIpc) is 2.92. The van der Waals surface area contributed by atoms with Crippen molar-refractivity contribution in [1.29, 1.82) is 0 Å². The van der Waals surface area contributed by atoms with Crippen LogP contribution in [0.25, 0.3) is 0 Å². The third-order valence-corrected chi connectivity index (χ3v) is 4.27. The van der Waals surface area contributed by atoms with Crippen LogP contribution in [0.2, 0.25) is 0 Å². The molecule has 15 heavy (non-hydrogen) atoms. The summed E-state index contributed by atoms with van der Waals surface area (Å²) in [7, 11) is 0. The van der Waals surface area contributed by atoms with Crippen molar-refractivity contribution in [3.8, 4) is 0 Å². The van der Waals surface area contributed by atoms with E-state index in [0.717, 1.165) is 23.3 Å². The Bertz CT molecular complexity index is 435. The van der Waals surface area contributed by atoms with Gasteiger partial charge in [-0.3, -0.25) is 4.57 Å². The SMILES string of the molecule is Cc1cc(C)n(CC2(CBr)CC2)c(=O)n1.